The van der Waals surface area contributed by atoms with Crippen LogP contribution in [-0.4, -0.2) is 28.7 Å². The lowest BCUT2D eigenvalue weighted by Crippen LogP contribution is -2.26. The van der Waals surface area contributed by atoms with Gasteiger partial charge in [-0.25, -0.2) is 4.98 Å². The number of hydrogen-bond acceptors (Lipinski definition) is 6. The van der Waals surface area contributed by atoms with Gasteiger partial charge in [0.2, 0.25) is 0 Å². The zero-order valence-electron chi connectivity index (χ0n) is 14.4. The van der Waals surface area contributed by atoms with Crippen LogP contribution in [0.1, 0.15) is 25.0 Å². The van der Waals surface area contributed by atoms with Gasteiger partial charge in [0.1, 0.15) is 12.4 Å². The van der Waals surface area contributed by atoms with E-state index in [2.05, 4.69) is 10.3 Å². The van der Waals surface area contributed by atoms with E-state index >= 15 is 0 Å². The summed E-state index contributed by atoms with van der Waals surface area (Å²) in [6, 6.07) is 9.37. The molecule has 0 spiro atoms. The molecule has 0 radical (unpaired) electrons. The minimum Gasteiger partial charge on any atom is -0.489 e. The Morgan fingerprint density at radius 1 is 1.35 bits per heavy atom. The van der Waals surface area contributed by atoms with Gasteiger partial charge in [0.05, 0.1) is 24.0 Å². The molecule has 1 unspecified atom stereocenters. The lowest BCUT2D eigenvalue weighted by Gasteiger charge is -2.23. The van der Waals surface area contributed by atoms with Gasteiger partial charge in [-0.05, 0) is 31.4 Å². The van der Waals surface area contributed by atoms with Gasteiger partial charge in [-0.1, -0.05) is 12.1 Å². The van der Waals surface area contributed by atoms with Crippen LogP contribution >= 0.6 is 11.3 Å². The molecule has 1 aliphatic rings. The second-order valence-corrected chi connectivity index (χ2v) is 7.16. The molecular formula is C19H21N3O3S. The van der Waals surface area contributed by atoms with Crippen molar-refractivity contribution in [3.8, 4) is 5.75 Å². The number of para-hydroxylation sites is 2. The molecule has 4 rings (SSSR count). The molecule has 1 aromatic carbocycles. The van der Waals surface area contributed by atoms with Crippen molar-refractivity contribution >= 4 is 22.0 Å². The van der Waals surface area contributed by atoms with Crippen molar-refractivity contribution < 1.29 is 9.47 Å². The third-order valence-corrected chi connectivity index (χ3v) is 5.16. The molecule has 1 atom stereocenters. The van der Waals surface area contributed by atoms with Crippen LogP contribution in [-0.2, 0) is 11.3 Å². The van der Waals surface area contributed by atoms with Gasteiger partial charge in [0, 0.05) is 24.3 Å². The third-order valence-electron chi connectivity index (χ3n) is 4.40. The van der Waals surface area contributed by atoms with E-state index in [0.29, 0.717) is 23.8 Å². The summed E-state index contributed by atoms with van der Waals surface area (Å²) in [6.07, 6.45) is 5.28. The topological polar surface area (TPSA) is 64.9 Å². The maximum absolute atomic E-state index is 12.1. The van der Waals surface area contributed by atoms with Gasteiger partial charge in [-0.15, -0.1) is 11.3 Å². The quantitative estimate of drug-likeness (QED) is 0.720. The monoisotopic (exact) mass is 371 g/mol. The van der Waals surface area contributed by atoms with E-state index in [9.17, 15) is 4.79 Å². The molecule has 0 aliphatic carbocycles. The van der Waals surface area contributed by atoms with Crippen LogP contribution < -0.4 is 15.6 Å². The first-order chi connectivity index (χ1) is 12.8. The minimum absolute atomic E-state index is 0.0629. The summed E-state index contributed by atoms with van der Waals surface area (Å²) in [5.41, 5.74) is 1.53. The van der Waals surface area contributed by atoms with Crippen molar-refractivity contribution in [1.29, 1.82) is 0 Å². The van der Waals surface area contributed by atoms with E-state index in [1.165, 1.54) is 17.8 Å². The maximum Gasteiger partial charge on any atom is 0.258 e. The number of anilines is 1. The largest absolute Gasteiger partial charge is 0.489 e. The standard InChI is InChI=1S/C19H21N3O3S/c23-18-11-14(21-19-22(18)8-10-26-19)12-20-16-6-1-2-7-17(16)25-13-15-5-3-4-9-24-15/h1-2,6-8,10-11,15,20H,3-5,9,12-13H2. The summed E-state index contributed by atoms with van der Waals surface area (Å²) in [4.78, 5) is 17.3. The van der Waals surface area contributed by atoms with Crippen molar-refractivity contribution in [3.05, 3.63) is 58.0 Å². The minimum atomic E-state index is -0.0629. The molecule has 6 nitrogen and oxygen atoms in total. The van der Waals surface area contributed by atoms with Crippen LogP contribution in [0.5, 0.6) is 5.75 Å². The van der Waals surface area contributed by atoms with Gasteiger partial charge >= 0.3 is 0 Å². The Balaban J connectivity index is 1.43. The van der Waals surface area contributed by atoms with Crippen LogP contribution in [0.3, 0.4) is 0 Å². The van der Waals surface area contributed by atoms with E-state index in [4.69, 9.17) is 9.47 Å². The fraction of sp³-hybridized carbons (Fsp3) is 0.368. The molecule has 26 heavy (non-hydrogen) atoms. The molecule has 1 aliphatic heterocycles. The van der Waals surface area contributed by atoms with Gasteiger partial charge in [0.25, 0.3) is 5.56 Å². The van der Waals surface area contributed by atoms with Crippen LogP contribution in [0.4, 0.5) is 5.69 Å². The Morgan fingerprint density at radius 3 is 3.15 bits per heavy atom. The predicted molar refractivity (Wildman–Crippen MR) is 102 cm³/mol. The number of fused-ring (bicyclic) bond motifs is 1. The molecule has 0 bridgehead atoms. The van der Waals surface area contributed by atoms with E-state index in [0.717, 1.165) is 30.9 Å². The fourth-order valence-corrected chi connectivity index (χ4v) is 3.76. The second-order valence-electron chi connectivity index (χ2n) is 6.29. The highest BCUT2D eigenvalue weighted by atomic mass is 32.1. The highest BCUT2D eigenvalue weighted by Crippen LogP contribution is 2.25. The fourth-order valence-electron chi connectivity index (χ4n) is 3.02. The summed E-state index contributed by atoms with van der Waals surface area (Å²) in [5, 5.41) is 5.19. The molecule has 2 aromatic heterocycles. The molecule has 0 saturated carbocycles. The van der Waals surface area contributed by atoms with E-state index in [-0.39, 0.29) is 11.7 Å². The molecule has 1 saturated heterocycles. The van der Waals surface area contributed by atoms with Crippen molar-refractivity contribution in [1.82, 2.24) is 9.38 Å². The molecule has 1 fully saturated rings. The normalized spacial score (nSPS) is 17.3. The lowest BCUT2D eigenvalue weighted by atomic mass is 10.1. The first-order valence-corrected chi connectivity index (χ1v) is 9.71. The number of thiazole rings is 1. The van der Waals surface area contributed by atoms with Crippen molar-refractivity contribution in [2.24, 2.45) is 0 Å². The molecule has 3 heterocycles. The Bertz CT molecular complexity index is 931. The predicted octanol–water partition coefficient (Wildman–Crippen LogP) is 3.32. The van der Waals surface area contributed by atoms with Crippen molar-refractivity contribution in [2.45, 2.75) is 31.9 Å². The van der Waals surface area contributed by atoms with Crippen LogP contribution in [0.2, 0.25) is 0 Å². The maximum atomic E-state index is 12.1. The highest BCUT2D eigenvalue weighted by Gasteiger charge is 2.15. The van der Waals surface area contributed by atoms with Crippen LogP contribution in [0.25, 0.3) is 4.96 Å². The van der Waals surface area contributed by atoms with E-state index in [1.54, 1.807) is 16.7 Å². The number of ether oxygens (including phenoxy) is 2. The first-order valence-electron chi connectivity index (χ1n) is 8.83. The number of nitrogens with one attached hydrogen (secondary N) is 1. The summed E-state index contributed by atoms with van der Waals surface area (Å²) in [7, 11) is 0. The zero-order chi connectivity index (χ0) is 17.8. The van der Waals surface area contributed by atoms with Gasteiger partial charge < -0.3 is 14.8 Å². The number of aromatic nitrogens is 2. The smallest absolute Gasteiger partial charge is 0.258 e. The highest BCUT2D eigenvalue weighted by molar-refractivity contribution is 7.15. The zero-order valence-corrected chi connectivity index (χ0v) is 15.2. The summed E-state index contributed by atoms with van der Waals surface area (Å²) in [5.74, 6) is 0.788. The molecule has 0 amide bonds. The SMILES string of the molecule is O=c1cc(CNc2ccccc2OCC2CCCCO2)nc2sccn12. The molecule has 7 heteroatoms. The van der Waals surface area contributed by atoms with Crippen molar-refractivity contribution in [3.63, 3.8) is 0 Å². The first kappa shape index (κ1) is 17.1. The average molecular weight is 371 g/mol. The molecular weight excluding hydrogens is 350 g/mol. The number of rotatable bonds is 6. The number of hydrogen-bond donors (Lipinski definition) is 1. The molecule has 1 N–H and O–H groups in total. The molecule has 3 aromatic rings. The average Bonchev–Trinajstić information content (AvgIpc) is 3.15. The summed E-state index contributed by atoms with van der Waals surface area (Å²) in [6.45, 7) is 1.84. The Morgan fingerprint density at radius 2 is 2.27 bits per heavy atom. The van der Waals surface area contributed by atoms with Crippen molar-refractivity contribution in [2.75, 3.05) is 18.5 Å². The second kappa shape index (κ2) is 7.88. The Hall–Kier alpha value is -2.38. The van der Waals surface area contributed by atoms with E-state index < -0.39 is 0 Å². The Kier molecular flexibility index (Phi) is 5.17. The van der Waals surface area contributed by atoms with E-state index in [1.807, 2.05) is 29.6 Å². The van der Waals surface area contributed by atoms with Gasteiger partial charge in [0.15, 0.2) is 4.96 Å². The third kappa shape index (κ3) is 3.89. The lowest BCUT2D eigenvalue weighted by molar-refractivity contribution is -0.0109. The Labute approximate surface area is 155 Å². The summed E-state index contributed by atoms with van der Waals surface area (Å²) >= 11 is 1.45. The number of nitrogens with zero attached hydrogens (tertiary/aromatic N) is 2. The number of benzene rings is 1. The van der Waals surface area contributed by atoms with Crippen LogP contribution in [0.15, 0.2) is 46.7 Å². The van der Waals surface area contributed by atoms with Gasteiger partial charge in [-0.3, -0.25) is 9.20 Å². The van der Waals surface area contributed by atoms with Crippen LogP contribution in [0, 0.1) is 0 Å². The van der Waals surface area contributed by atoms with Gasteiger partial charge in [-0.2, -0.15) is 0 Å². The molecule has 136 valence electrons. The summed E-state index contributed by atoms with van der Waals surface area (Å²) < 4.78 is 13.2.